The molecule has 102 valence electrons. The number of nitrogens with zero attached hydrogens (tertiary/aromatic N) is 2. The van der Waals surface area contributed by atoms with Gasteiger partial charge in [-0.3, -0.25) is 4.57 Å². The van der Waals surface area contributed by atoms with Gasteiger partial charge in [0.05, 0.1) is 6.10 Å². The molecule has 0 spiro atoms. The normalized spacial score (nSPS) is 12.6. The molecule has 1 atom stereocenters. The average Bonchev–Trinajstić information content (AvgIpc) is 2.79. The van der Waals surface area contributed by atoms with Crippen LogP contribution in [-0.2, 0) is 6.54 Å². The van der Waals surface area contributed by atoms with Gasteiger partial charge in [-0.15, -0.1) is 5.10 Å². The van der Waals surface area contributed by atoms with Crippen molar-refractivity contribution in [2.45, 2.75) is 43.0 Å². The van der Waals surface area contributed by atoms with Gasteiger partial charge in [-0.05, 0) is 36.7 Å². The van der Waals surface area contributed by atoms with Gasteiger partial charge in [0.25, 0.3) is 0 Å². The summed E-state index contributed by atoms with van der Waals surface area (Å²) in [7, 11) is 0. The van der Waals surface area contributed by atoms with E-state index in [0.29, 0.717) is 18.1 Å². The molecule has 0 unspecified atom stereocenters. The van der Waals surface area contributed by atoms with E-state index in [1.54, 1.807) is 4.57 Å². The van der Waals surface area contributed by atoms with E-state index >= 15 is 0 Å². The molecule has 6 heteroatoms. The van der Waals surface area contributed by atoms with E-state index in [2.05, 4.69) is 10.2 Å². The Morgan fingerprint density at radius 3 is 2.84 bits per heavy atom. The average molecular weight is 279 g/mol. The lowest BCUT2D eigenvalue weighted by atomic mass is 10.1. The highest BCUT2D eigenvalue weighted by molar-refractivity contribution is 7.99. The van der Waals surface area contributed by atoms with Crippen LogP contribution in [0.15, 0.2) is 39.1 Å². The molecule has 0 aliphatic rings. The fraction of sp³-hybridized carbons (Fsp3) is 0.385. The number of rotatable bonds is 5. The maximum atomic E-state index is 11.5. The molecule has 2 rings (SSSR count). The van der Waals surface area contributed by atoms with Crippen molar-refractivity contribution >= 4 is 11.8 Å². The van der Waals surface area contributed by atoms with Crippen LogP contribution in [0.2, 0.25) is 0 Å². The molecule has 0 aliphatic carbocycles. The predicted octanol–water partition coefficient (Wildman–Crippen LogP) is 2.19. The van der Waals surface area contributed by atoms with Crippen molar-refractivity contribution in [3.63, 3.8) is 0 Å². The lowest BCUT2D eigenvalue weighted by Gasteiger charge is -2.13. The Balaban J connectivity index is 2.35. The van der Waals surface area contributed by atoms with E-state index in [0.717, 1.165) is 10.5 Å². The zero-order valence-corrected chi connectivity index (χ0v) is 11.8. The summed E-state index contributed by atoms with van der Waals surface area (Å²) in [4.78, 5) is 12.4. The van der Waals surface area contributed by atoms with Crippen molar-refractivity contribution in [3.05, 3.63) is 40.3 Å². The predicted molar refractivity (Wildman–Crippen MR) is 74.3 cm³/mol. The minimum absolute atomic E-state index is 0.210. The van der Waals surface area contributed by atoms with Crippen LogP contribution in [-0.4, -0.2) is 19.9 Å². The summed E-state index contributed by atoms with van der Waals surface area (Å²) < 4.78 is 1.57. The van der Waals surface area contributed by atoms with Gasteiger partial charge in [-0.2, -0.15) is 0 Å². The molecule has 1 aromatic carbocycles. The fourth-order valence-corrected chi connectivity index (χ4v) is 2.91. The van der Waals surface area contributed by atoms with Crippen LogP contribution in [0.25, 0.3) is 0 Å². The number of aliphatic hydroxyl groups excluding tert-OH is 1. The fourth-order valence-electron chi connectivity index (χ4n) is 1.83. The second-order valence-electron chi connectivity index (χ2n) is 4.12. The molecule has 1 heterocycles. The largest absolute Gasteiger partial charge is 0.388 e. The van der Waals surface area contributed by atoms with Gasteiger partial charge >= 0.3 is 5.69 Å². The highest BCUT2D eigenvalue weighted by Gasteiger charge is 2.14. The summed E-state index contributed by atoms with van der Waals surface area (Å²) in [5.74, 6) is 0. The van der Waals surface area contributed by atoms with Crippen molar-refractivity contribution in [2.24, 2.45) is 0 Å². The molecule has 2 aromatic rings. The number of hydrogen-bond donors (Lipinski definition) is 2. The molecule has 0 aliphatic heterocycles. The first-order chi connectivity index (χ1) is 9.17. The second kappa shape index (κ2) is 6.08. The molecule has 5 nitrogen and oxygen atoms in total. The smallest absolute Gasteiger partial charge is 0.343 e. The van der Waals surface area contributed by atoms with Crippen molar-refractivity contribution < 1.29 is 5.11 Å². The van der Waals surface area contributed by atoms with Crippen LogP contribution < -0.4 is 5.69 Å². The highest BCUT2D eigenvalue weighted by Crippen LogP contribution is 2.32. The lowest BCUT2D eigenvalue weighted by Crippen LogP contribution is -2.16. The van der Waals surface area contributed by atoms with Crippen molar-refractivity contribution in [3.8, 4) is 0 Å². The number of aromatic amines is 1. The quantitative estimate of drug-likeness (QED) is 0.880. The molecule has 0 radical (unpaired) electrons. The van der Waals surface area contributed by atoms with Crippen LogP contribution >= 0.6 is 11.8 Å². The third kappa shape index (κ3) is 2.90. The Labute approximate surface area is 115 Å². The van der Waals surface area contributed by atoms with Gasteiger partial charge in [0.1, 0.15) is 0 Å². The van der Waals surface area contributed by atoms with Gasteiger partial charge in [0, 0.05) is 11.4 Å². The molecule has 2 N–H and O–H groups in total. The third-order valence-electron chi connectivity index (χ3n) is 2.91. The minimum atomic E-state index is -0.496. The molecule has 1 aromatic heterocycles. The maximum absolute atomic E-state index is 11.5. The number of nitrogens with one attached hydrogen (secondary N) is 1. The lowest BCUT2D eigenvalue weighted by molar-refractivity contribution is 0.171. The van der Waals surface area contributed by atoms with Gasteiger partial charge in [-0.1, -0.05) is 25.1 Å². The summed E-state index contributed by atoms with van der Waals surface area (Å²) in [5, 5.41) is 17.1. The standard InChI is InChI=1S/C13H17N3O2S/c1-3-10(17)9-7-5-6-8-11(9)19-13-15-14-12(18)16(13)4-2/h5-8,10,17H,3-4H2,1-2H3,(H,14,18)/t10-/m1/s1. The summed E-state index contributed by atoms with van der Waals surface area (Å²) in [6, 6.07) is 7.64. The Bertz CT molecular complexity index is 606. The van der Waals surface area contributed by atoms with Crippen LogP contribution in [0.3, 0.4) is 0 Å². The van der Waals surface area contributed by atoms with E-state index in [1.807, 2.05) is 38.1 Å². The summed E-state index contributed by atoms with van der Waals surface area (Å²) in [6.07, 6.45) is 0.156. The minimum Gasteiger partial charge on any atom is -0.388 e. The Kier molecular flexibility index (Phi) is 4.44. The molecule has 19 heavy (non-hydrogen) atoms. The number of benzene rings is 1. The molecule has 0 saturated heterocycles. The van der Waals surface area contributed by atoms with E-state index < -0.39 is 6.10 Å². The second-order valence-corrected chi connectivity index (χ2v) is 5.13. The molecular formula is C13H17N3O2S. The Hall–Kier alpha value is -1.53. The van der Waals surface area contributed by atoms with Crippen LogP contribution in [0.4, 0.5) is 0 Å². The van der Waals surface area contributed by atoms with Crippen LogP contribution in [0.5, 0.6) is 0 Å². The van der Waals surface area contributed by atoms with Crippen LogP contribution in [0, 0.1) is 0 Å². The number of hydrogen-bond acceptors (Lipinski definition) is 4. The van der Waals surface area contributed by atoms with E-state index in [1.165, 1.54) is 11.8 Å². The highest BCUT2D eigenvalue weighted by atomic mass is 32.2. The molecule has 0 bridgehead atoms. The van der Waals surface area contributed by atoms with E-state index in [9.17, 15) is 9.90 Å². The van der Waals surface area contributed by atoms with E-state index in [-0.39, 0.29) is 5.69 Å². The van der Waals surface area contributed by atoms with Crippen molar-refractivity contribution in [1.82, 2.24) is 14.8 Å². The zero-order chi connectivity index (χ0) is 13.8. The summed E-state index contributed by atoms with van der Waals surface area (Å²) in [6.45, 7) is 4.40. The summed E-state index contributed by atoms with van der Waals surface area (Å²) in [5.41, 5.74) is 0.659. The Morgan fingerprint density at radius 1 is 1.42 bits per heavy atom. The first-order valence-electron chi connectivity index (χ1n) is 6.27. The van der Waals surface area contributed by atoms with E-state index in [4.69, 9.17) is 0 Å². The molecule has 0 fully saturated rings. The first-order valence-corrected chi connectivity index (χ1v) is 7.09. The SMILES string of the molecule is CC[C@@H](O)c1ccccc1Sc1n[nH]c(=O)n1CC. The van der Waals surface area contributed by atoms with Crippen molar-refractivity contribution in [1.29, 1.82) is 0 Å². The van der Waals surface area contributed by atoms with Crippen molar-refractivity contribution in [2.75, 3.05) is 0 Å². The third-order valence-corrected chi connectivity index (χ3v) is 3.99. The Morgan fingerprint density at radius 2 is 2.16 bits per heavy atom. The molecular weight excluding hydrogens is 262 g/mol. The first kappa shape index (κ1) is 13.9. The van der Waals surface area contributed by atoms with Gasteiger partial charge in [-0.25, -0.2) is 9.89 Å². The molecule has 0 saturated carbocycles. The number of aromatic nitrogens is 3. The topological polar surface area (TPSA) is 70.9 Å². The van der Waals surface area contributed by atoms with Gasteiger partial charge < -0.3 is 5.11 Å². The van der Waals surface area contributed by atoms with Gasteiger partial charge in [0.15, 0.2) is 5.16 Å². The van der Waals surface area contributed by atoms with Gasteiger partial charge in [0.2, 0.25) is 0 Å². The number of H-pyrrole nitrogens is 1. The molecule has 0 amide bonds. The number of aliphatic hydroxyl groups is 1. The monoisotopic (exact) mass is 279 g/mol. The maximum Gasteiger partial charge on any atom is 0.343 e. The van der Waals surface area contributed by atoms with Crippen LogP contribution in [0.1, 0.15) is 31.9 Å². The summed E-state index contributed by atoms with van der Waals surface area (Å²) >= 11 is 1.39. The zero-order valence-electron chi connectivity index (χ0n) is 11.0.